The zero-order valence-corrected chi connectivity index (χ0v) is 17.0. The van der Waals surface area contributed by atoms with E-state index in [-0.39, 0.29) is 18.3 Å². The molecule has 3 rings (SSSR count). The highest BCUT2D eigenvalue weighted by Gasteiger charge is 2.25. The molecule has 0 atom stereocenters. The Kier molecular flexibility index (Phi) is 6.72. The lowest BCUT2D eigenvalue weighted by atomic mass is 10.0. The highest BCUT2D eigenvalue weighted by molar-refractivity contribution is 6.09. The van der Waals surface area contributed by atoms with Gasteiger partial charge >= 0.3 is 0 Å². The van der Waals surface area contributed by atoms with E-state index in [2.05, 4.69) is 10.2 Å². The maximum Gasteiger partial charge on any atom is 0.255 e. The number of nitrogens with zero attached hydrogens (tertiary/aromatic N) is 1. The molecule has 0 unspecified atom stereocenters. The highest BCUT2D eigenvalue weighted by atomic mass is 16.5. The lowest BCUT2D eigenvalue weighted by Crippen LogP contribution is -2.19. The number of ether oxygens (including phenoxy) is 3. The molecule has 0 bridgehead atoms. The number of anilines is 1. The van der Waals surface area contributed by atoms with Gasteiger partial charge in [-0.15, -0.1) is 0 Å². The summed E-state index contributed by atoms with van der Waals surface area (Å²) in [7, 11) is 5.55. The molecule has 1 amide bonds. The quantitative estimate of drug-likeness (QED) is 0.688. The van der Waals surface area contributed by atoms with Crippen molar-refractivity contribution in [1.82, 2.24) is 4.90 Å². The number of ketones is 1. The van der Waals surface area contributed by atoms with Crippen LogP contribution in [-0.2, 0) is 0 Å². The second kappa shape index (κ2) is 9.43. The third-order valence-electron chi connectivity index (χ3n) is 4.59. The standard InChI is InChI=1S/C22H26N2O5/c1-24(2)12-4-13-28-16-7-5-15(6-8-16)22(26)23-20-19(27-3)10-9-17-18(25)11-14-29-21(17)20/h5-10H,4,11-14H2,1-3H3,(H,23,26). The molecule has 2 aromatic carbocycles. The molecule has 0 saturated heterocycles. The summed E-state index contributed by atoms with van der Waals surface area (Å²) in [6.45, 7) is 1.85. The second-order valence-corrected chi connectivity index (χ2v) is 7.02. The van der Waals surface area contributed by atoms with Crippen LogP contribution in [0.15, 0.2) is 36.4 Å². The molecule has 2 aromatic rings. The Morgan fingerprint density at radius 3 is 2.62 bits per heavy atom. The molecule has 7 nitrogen and oxygen atoms in total. The van der Waals surface area contributed by atoms with Crippen LogP contribution in [-0.4, -0.2) is 57.6 Å². The van der Waals surface area contributed by atoms with E-state index in [9.17, 15) is 9.59 Å². The van der Waals surface area contributed by atoms with E-state index in [1.54, 1.807) is 36.4 Å². The van der Waals surface area contributed by atoms with Gasteiger partial charge in [-0.05, 0) is 56.9 Å². The summed E-state index contributed by atoms with van der Waals surface area (Å²) in [5, 5.41) is 2.82. The minimum atomic E-state index is -0.322. The first-order chi connectivity index (χ1) is 14.0. The Morgan fingerprint density at radius 2 is 1.93 bits per heavy atom. The zero-order chi connectivity index (χ0) is 20.8. The first-order valence-corrected chi connectivity index (χ1v) is 9.55. The molecule has 0 saturated carbocycles. The Balaban J connectivity index is 1.70. The van der Waals surface area contributed by atoms with E-state index in [1.807, 2.05) is 14.1 Å². The van der Waals surface area contributed by atoms with Gasteiger partial charge in [0.2, 0.25) is 0 Å². The van der Waals surface area contributed by atoms with Gasteiger partial charge in [0.1, 0.15) is 17.2 Å². The van der Waals surface area contributed by atoms with Gasteiger partial charge in [0.05, 0.1) is 25.9 Å². The molecule has 1 aliphatic heterocycles. The molecular weight excluding hydrogens is 372 g/mol. The maximum atomic E-state index is 12.7. The van der Waals surface area contributed by atoms with Crippen molar-refractivity contribution in [2.24, 2.45) is 0 Å². The molecule has 0 radical (unpaired) electrons. The van der Waals surface area contributed by atoms with Crippen molar-refractivity contribution >= 4 is 17.4 Å². The van der Waals surface area contributed by atoms with Crippen LogP contribution in [0.25, 0.3) is 0 Å². The number of hydrogen-bond acceptors (Lipinski definition) is 6. The summed E-state index contributed by atoms with van der Waals surface area (Å²) in [5.41, 5.74) is 1.29. The average Bonchev–Trinajstić information content (AvgIpc) is 2.72. The minimum Gasteiger partial charge on any atom is -0.494 e. The van der Waals surface area contributed by atoms with E-state index in [1.165, 1.54) is 7.11 Å². The normalized spacial score (nSPS) is 12.9. The van der Waals surface area contributed by atoms with Gasteiger partial charge < -0.3 is 24.4 Å². The van der Waals surface area contributed by atoms with Crippen molar-refractivity contribution in [3.8, 4) is 17.2 Å². The Bertz CT molecular complexity index is 878. The molecule has 0 spiro atoms. The lowest BCUT2D eigenvalue weighted by molar-refractivity contribution is 0.0931. The first-order valence-electron chi connectivity index (χ1n) is 9.55. The van der Waals surface area contributed by atoms with Gasteiger partial charge in [0, 0.05) is 18.5 Å². The Labute approximate surface area is 170 Å². The van der Waals surface area contributed by atoms with Gasteiger partial charge in [-0.2, -0.15) is 0 Å². The summed E-state index contributed by atoms with van der Waals surface area (Å²) in [6, 6.07) is 10.2. The number of benzene rings is 2. The number of hydrogen-bond donors (Lipinski definition) is 1. The number of amides is 1. The van der Waals surface area contributed by atoms with Gasteiger partial charge in [-0.25, -0.2) is 0 Å². The average molecular weight is 398 g/mol. The van der Waals surface area contributed by atoms with Crippen LogP contribution in [0.3, 0.4) is 0 Å². The molecule has 0 aromatic heterocycles. The molecule has 0 fully saturated rings. The van der Waals surface area contributed by atoms with Gasteiger partial charge in [0.25, 0.3) is 5.91 Å². The van der Waals surface area contributed by atoms with Crippen molar-refractivity contribution < 1.29 is 23.8 Å². The first kappa shape index (κ1) is 20.7. The van der Waals surface area contributed by atoms with Crippen LogP contribution in [0.5, 0.6) is 17.2 Å². The number of methoxy groups -OCH3 is 1. The third kappa shape index (κ3) is 5.06. The molecule has 29 heavy (non-hydrogen) atoms. The van der Waals surface area contributed by atoms with E-state index in [0.29, 0.717) is 47.1 Å². The smallest absolute Gasteiger partial charge is 0.255 e. The van der Waals surface area contributed by atoms with E-state index < -0.39 is 0 Å². The fourth-order valence-corrected chi connectivity index (χ4v) is 3.06. The van der Waals surface area contributed by atoms with Crippen molar-refractivity contribution in [1.29, 1.82) is 0 Å². The highest BCUT2D eigenvalue weighted by Crippen LogP contribution is 2.40. The van der Waals surface area contributed by atoms with Crippen LogP contribution in [0.1, 0.15) is 33.6 Å². The Morgan fingerprint density at radius 1 is 1.17 bits per heavy atom. The van der Waals surface area contributed by atoms with E-state index in [4.69, 9.17) is 14.2 Å². The van der Waals surface area contributed by atoms with Gasteiger partial charge in [-0.1, -0.05) is 0 Å². The topological polar surface area (TPSA) is 77.1 Å². The van der Waals surface area contributed by atoms with Crippen LogP contribution in [0, 0.1) is 0 Å². The van der Waals surface area contributed by atoms with Crippen LogP contribution < -0.4 is 19.5 Å². The van der Waals surface area contributed by atoms with E-state index >= 15 is 0 Å². The number of fused-ring (bicyclic) bond motifs is 1. The number of nitrogens with one attached hydrogen (secondary N) is 1. The molecular formula is C22H26N2O5. The lowest BCUT2D eigenvalue weighted by Gasteiger charge is -2.21. The SMILES string of the molecule is COc1ccc2c(c1NC(=O)c1ccc(OCCCN(C)C)cc1)OCCC2=O. The summed E-state index contributed by atoms with van der Waals surface area (Å²) in [5.74, 6) is 1.17. The predicted octanol–water partition coefficient (Wildman–Crippen LogP) is 3.24. The third-order valence-corrected chi connectivity index (χ3v) is 4.59. The van der Waals surface area contributed by atoms with Crippen molar-refractivity contribution in [2.45, 2.75) is 12.8 Å². The number of Topliss-reactive ketones (excluding diaryl/α,β-unsaturated/α-hetero) is 1. The number of carbonyl (C=O) groups is 2. The molecule has 1 aliphatic rings. The summed E-state index contributed by atoms with van der Waals surface area (Å²) >= 11 is 0. The summed E-state index contributed by atoms with van der Waals surface area (Å²) in [6.07, 6.45) is 1.25. The fraction of sp³-hybridized carbons (Fsp3) is 0.364. The maximum absolute atomic E-state index is 12.7. The van der Waals surface area contributed by atoms with Gasteiger partial charge in [-0.3, -0.25) is 9.59 Å². The largest absolute Gasteiger partial charge is 0.494 e. The van der Waals surface area contributed by atoms with Crippen molar-refractivity contribution in [2.75, 3.05) is 46.3 Å². The van der Waals surface area contributed by atoms with Crippen molar-refractivity contribution in [3.05, 3.63) is 47.5 Å². The summed E-state index contributed by atoms with van der Waals surface area (Å²) in [4.78, 5) is 27.0. The Hall–Kier alpha value is -3.06. The van der Waals surface area contributed by atoms with E-state index in [0.717, 1.165) is 13.0 Å². The molecule has 7 heteroatoms. The van der Waals surface area contributed by atoms with Crippen molar-refractivity contribution in [3.63, 3.8) is 0 Å². The van der Waals surface area contributed by atoms with Crippen LogP contribution >= 0.6 is 0 Å². The molecule has 1 N–H and O–H groups in total. The monoisotopic (exact) mass is 398 g/mol. The molecule has 1 heterocycles. The molecule has 0 aliphatic carbocycles. The molecule has 154 valence electrons. The second-order valence-electron chi connectivity index (χ2n) is 7.02. The van der Waals surface area contributed by atoms with Crippen LogP contribution in [0.4, 0.5) is 5.69 Å². The minimum absolute atomic E-state index is 0.0137. The predicted molar refractivity (Wildman–Crippen MR) is 110 cm³/mol. The zero-order valence-electron chi connectivity index (χ0n) is 17.0. The van der Waals surface area contributed by atoms with Gasteiger partial charge in [0.15, 0.2) is 11.5 Å². The number of carbonyl (C=O) groups excluding carboxylic acids is 2. The van der Waals surface area contributed by atoms with Crippen LogP contribution in [0.2, 0.25) is 0 Å². The fourth-order valence-electron chi connectivity index (χ4n) is 3.06. The number of rotatable bonds is 8. The summed E-state index contributed by atoms with van der Waals surface area (Å²) < 4.78 is 16.7.